The fourth-order valence-corrected chi connectivity index (χ4v) is 2.82. The second-order valence-corrected chi connectivity index (χ2v) is 6.89. The molecular weight excluding hydrogens is 369 g/mol. The Kier molecular flexibility index (Phi) is 5.42. The van der Waals surface area contributed by atoms with Crippen molar-refractivity contribution in [3.63, 3.8) is 0 Å². The first-order valence-electron chi connectivity index (χ1n) is 8.72. The SMILES string of the molecule is CN(C)CCN(C)c1ccc2c(=O)n(-c3ccc(C(F)(F)F)cc3)cnc2c1. The van der Waals surface area contributed by atoms with Crippen molar-refractivity contribution in [1.29, 1.82) is 0 Å². The Morgan fingerprint density at radius 1 is 1.00 bits per heavy atom. The van der Waals surface area contributed by atoms with Gasteiger partial charge in [-0.25, -0.2) is 4.98 Å². The molecule has 2 aromatic carbocycles. The second kappa shape index (κ2) is 7.63. The molecule has 0 radical (unpaired) electrons. The maximum atomic E-state index is 12.8. The molecule has 148 valence electrons. The Morgan fingerprint density at radius 3 is 2.29 bits per heavy atom. The van der Waals surface area contributed by atoms with Crippen molar-refractivity contribution >= 4 is 16.6 Å². The average Bonchev–Trinajstić information content (AvgIpc) is 2.65. The molecule has 0 N–H and O–H groups in total. The van der Waals surface area contributed by atoms with E-state index in [9.17, 15) is 18.0 Å². The third-order valence-electron chi connectivity index (χ3n) is 4.54. The number of hydrogen-bond donors (Lipinski definition) is 0. The zero-order chi connectivity index (χ0) is 20.5. The van der Waals surface area contributed by atoms with E-state index in [2.05, 4.69) is 14.8 Å². The fourth-order valence-electron chi connectivity index (χ4n) is 2.82. The minimum atomic E-state index is -4.42. The molecule has 0 aliphatic carbocycles. The van der Waals surface area contributed by atoms with E-state index in [4.69, 9.17) is 0 Å². The lowest BCUT2D eigenvalue weighted by molar-refractivity contribution is -0.137. The molecule has 1 aromatic heterocycles. The van der Waals surface area contributed by atoms with Crippen molar-refractivity contribution in [1.82, 2.24) is 14.5 Å². The van der Waals surface area contributed by atoms with Crippen LogP contribution >= 0.6 is 0 Å². The highest BCUT2D eigenvalue weighted by molar-refractivity contribution is 5.81. The van der Waals surface area contributed by atoms with E-state index < -0.39 is 11.7 Å². The number of halogens is 3. The summed E-state index contributed by atoms with van der Waals surface area (Å²) < 4.78 is 39.4. The number of anilines is 1. The summed E-state index contributed by atoms with van der Waals surface area (Å²) >= 11 is 0. The van der Waals surface area contributed by atoms with Gasteiger partial charge in [0.05, 0.1) is 22.2 Å². The van der Waals surface area contributed by atoms with Gasteiger partial charge in [-0.3, -0.25) is 9.36 Å². The van der Waals surface area contributed by atoms with Gasteiger partial charge in [0, 0.05) is 25.8 Å². The smallest absolute Gasteiger partial charge is 0.373 e. The predicted octanol–water partition coefficient (Wildman–Crippen LogP) is 3.40. The molecule has 0 aliphatic heterocycles. The molecule has 0 spiro atoms. The summed E-state index contributed by atoms with van der Waals surface area (Å²) in [5, 5.41) is 0.409. The molecule has 0 atom stereocenters. The summed E-state index contributed by atoms with van der Waals surface area (Å²) in [5.74, 6) is 0. The van der Waals surface area contributed by atoms with Crippen LogP contribution in [0.15, 0.2) is 53.6 Å². The molecule has 0 saturated heterocycles. The molecule has 3 aromatic rings. The normalized spacial score (nSPS) is 12.0. The quantitative estimate of drug-likeness (QED) is 0.670. The Morgan fingerprint density at radius 2 is 1.68 bits per heavy atom. The Hall–Kier alpha value is -2.87. The first-order chi connectivity index (χ1) is 13.2. The topological polar surface area (TPSA) is 41.4 Å². The minimum absolute atomic E-state index is 0.327. The Bertz CT molecular complexity index is 1030. The molecule has 1 heterocycles. The second-order valence-electron chi connectivity index (χ2n) is 6.89. The summed E-state index contributed by atoms with van der Waals surface area (Å²) in [6, 6.07) is 9.82. The van der Waals surface area contributed by atoms with E-state index >= 15 is 0 Å². The van der Waals surface area contributed by atoms with Crippen LogP contribution in [-0.4, -0.2) is 48.7 Å². The van der Waals surface area contributed by atoms with Crippen LogP contribution in [-0.2, 0) is 6.18 Å². The van der Waals surface area contributed by atoms with E-state index in [1.54, 1.807) is 6.07 Å². The third kappa shape index (κ3) is 4.17. The van der Waals surface area contributed by atoms with Crippen molar-refractivity contribution in [3.05, 3.63) is 64.7 Å². The molecule has 0 aliphatic rings. The number of benzene rings is 2. The van der Waals surface area contributed by atoms with Gasteiger partial charge in [0.15, 0.2) is 0 Å². The molecule has 0 saturated carbocycles. The number of hydrogen-bond acceptors (Lipinski definition) is 4. The van der Waals surface area contributed by atoms with E-state index in [-0.39, 0.29) is 5.56 Å². The summed E-state index contributed by atoms with van der Waals surface area (Å²) in [7, 11) is 5.97. The van der Waals surface area contributed by atoms with Gasteiger partial charge in [-0.1, -0.05) is 0 Å². The van der Waals surface area contributed by atoms with E-state index in [0.29, 0.717) is 16.6 Å². The van der Waals surface area contributed by atoms with Crippen LogP contribution in [0.5, 0.6) is 0 Å². The number of nitrogens with zero attached hydrogens (tertiary/aromatic N) is 4. The van der Waals surface area contributed by atoms with Crippen molar-refractivity contribution in [2.75, 3.05) is 39.1 Å². The molecule has 28 heavy (non-hydrogen) atoms. The van der Waals surface area contributed by atoms with Crippen LogP contribution < -0.4 is 10.5 Å². The largest absolute Gasteiger partial charge is 0.416 e. The summed E-state index contributed by atoms with van der Waals surface area (Å²) in [5.41, 5.74) is 0.728. The maximum absolute atomic E-state index is 12.8. The van der Waals surface area contributed by atoms with Gasteiger partial charge in [0.2, 0.25) is 0 Å². The molecule has 0 fully saturated rings. The number of rotatable bonds is 5. The van der Waals surface area contributed by atoms with Crippen LogP contribution in [0, 0.1) is 0 Å². The number of likely N-dealkylation sites (N-methyl/N-ethyl adjacent to an activating group) is 2. The standard InChI is InChI=1S/C20H21F3N4O/c1-25(2)10-11-26(3)16-8-9-17-18(12-16)24-13-27(19(17)28)15-6-4-14(5-7-15)20(21,22)23/h4-9,12-13H,10-11H2,1-3H3. The van der Waals surface area contributed by atoms with Gasteiger partial charge in [0.25, 0.3) is 5.56 Å². The van der Waals surface area contributed by atoms with E-state index in [1.807, 2.05) is 33.3 Å². The lowest BCUT2D eigenvalue weighted by atomic mass is 10.2. The highest BCUT2D eigenvalue weighted by Gasteiger charge is 2.30. The molecule has 0 amide bonds. The molecule has 5 nitrogen and oxygen atoms in total. The molecule has 8 heteroatoms. The van der Waals surface area contributed by atoms with Crippen molar-refractivity contribution in [3.8, 4) is 5.69 Å². The van der Waals surface area contributed by atoms with Crippen LogP contribution in [0.3, 0.4) is 0 Å². The van der Waals surface area contributed by atoms with Crippen LogP contribution in [0.2, 0.25) is 0 Å². The lowest BCUT2D eigenvalue weighted by Gasteiger charge is -2.21. The van der Waals surface area contributed by atoms with Crippen molar-refractivity contribution in [2.24, 2.45) is 0 Å². The Balaban J connectivity index is 1.94. The van der Waals surface area contributed by atoms with E-state index in [1.165, 1.54) is 23.0 Å². The van der Waals surface area contributed by atoms with Gasteiger partial charge in [-0.2, -0.15) is 13.2 Å². The lowest BCUT2D eigenvalue weighted by Crippen LogP contribution is -2.28. The highest BCUT2D eigenvalue weighted by Crippen LogP contribution is 2.29. The minimum Gasteiger partial charge on any atom is -0.373 e. The van der Waals surface area contributed by atoms with Gasteiger partial charge >= 0.3 is 6.18 Å². The number of aromatic nitrogens is 2. The van der Waals surface area contributed by atoms with Crippen molar-refractivity contribution < 1.29 is 13.2 Å². The first-order valence-corrected chi connectivity index (χ1v) is 8.72. The van der Waals surface area contributed by atoms with Crippen LogP contribution in [0.25, 0.3) is 16.6 Å². The van der Waals surface area contributed by atoms with Gasteiger partial charge in [-0.15, -0.1) is 0 Å². The Labute approximate surface area is 160 Å². The molecule has 0 bridgehead atoms. The fraction of sp³-hybridized carbons (Fsp3) is 0.300. The first kappa shape index (κ1) is 19.9. The monoisotopic (exact) mass is 390 g/mol. The zero-order valence-electron chi connectivity index (χ0n) is 15.9. The van der Waals surface area contributed by atoms with Gasteiger partial charge in [-0.05, 0) is 56.6 Å². The van der Waals surface area contributed by atoms with Gasteiger partial charge < -0.3 is 9.80 Å². The summed E-state index contributed by atoms with van der Waals surface area (Å²) in [6.07, 6.45) is -3.07. The summed E-state index contributed by atoms with van der Waals surface area (Å²) in [4.78, 5) is 21.3. The predicted molar refractivity (Wildman–Crippen MR) is 104 cm³/mol. The maximum Gasteiger partial charge on any atom is 0.416 e. The number of alkyl halides is 3. The molecule has 0 unspecified atom stereocenters. The highest BCUT2D eigenvalue weighted by atomic mass is 19.4. The number of fused-ring (bicyclic) bond motifs is 1. The average molecular weight is 390 g/mol. The summed E-state index contributed by atoms with van der Waals surface area (Å²) in [6.45, 7) is 1.71. The molecule has 3 rings (SSSR count). The van der Waals surface area contributed by atoms with Crippen LogP contribution in [0.4, 0.5) is 18.9 Å². The van der Waals surface area contributed by atoms with Crippen molar-refractivity contribution in [2.45, 2.75) is 6.18 Å². The van der Waals surface area contributed by atoms with Crippen LogP contribution in [0.1, 0.15) is 5.56 Å². The third-order valence-corrected chi connectivity index (χ3v) is 4.54. The zero-order valence-corrected chi connectivity index (χ0v) is 15.9. The molecular formula is C20H21F3N4O. The van der Waals surface area contributed by atoms with E-state index in [0.717, 1.165) is 30.9 Å². The van der Waals surface area contributed by atoms with Gasteiger partial charge in [0.1, 0.15) is 6.33 Å².